The highest BCUT2D eigenvalue weighted by Crippen LogP contribution is 2.34. The summed E-state index contributed by atoms with van der Waals surface area (Å²) >= 11 is 0. The Morgan fingerprint density at radius 2 is 1.97 bits per heavy atom. The fraction of sp³-hybridized carbons (Fsp3) is 0.500. The Hall–Kier alpha value is -1.58. The molecule has 1 fully saturated rings. The summed E-state index contributed by atoms with van der Waals surface area (Å²) in [6.45, 7) is 6.09. The van der Waals surface area contributed by atoms with E-state index in [1.165, 1.54) is 18.3 Å². The van der Waals surface area contributed by atoms with Crippen molar-refractivity contribution in [2.45, 2.75) is 32.2 Å². The van der Waals surface area contributed by atoms with Gasteiger partial charge in [0.15, 0.2) is 0 Å². The van der Waals surface area contributed by atoms with Gasteiger partial charge in [0.2, 0.25) is 0 Å². The third kappa shape index (κ3) is 5.26. The van der Waals surface area contributed by atoms with Crippen LogP contribution in [0.2, 0.25) is 0 Å². The maximum Gasteiger partial charge on any atom is 0.314 e. The Morgan fingerprint density at radius 3 is 2.58 bits per heavy atom. The van der Waals surface area contributed by atoms with Crippen molar-refractivity contribution in [3.8, 4) is 0 Å². The second-order valence-electron chi connectivity index (χ2n) is 7.88. The quantitative estimate of drug-likeness (QED) is 0.599. The molecule has 1 aromatic carbocycles. The van der Waals surface area contributed by atoms with Gasteiger partial charge in [-0.3, -0.25) is 4.98 Å². The number of rotatable bonds is 8. The number of nitrogens with one attached hydrogen (secondary N) is 1. The van der Waals surface area contributed by atoms with Crippen LogP contribution in [0.5, 0.6) is 0 Å². The van der Waals surface area contributed by atoms with E-state index in [4.69, 9.17) is 0 Å². The van der Waals surface area contributed by atoms with Crippen LogP contribution in [-0.2, 0) is 10.0 Å². The number of benzene rings is 1. The number of hydrogen-bond acceptors (Lipinski definition) is 5. The van der Waals surface area contributed by atoms with E-state index in [1.807, 2.05) is 44.2 Å². The lowest BCUT2D eigenvalue weighted by molar-refractivity contribution is -0.915. The SMILES string of the molecule is CCCS(=O)(=O)[N+](C)(CC)N1CCNCC1C(c1ccccc1)c1cc(F)ccn1.Cl. The molecule has 0 radical (unpaired) electrons. The number of aromatic nitrogens is 1. The van der Waals surface area contributed by atoms with Gasteiger partial charge in [-0.2, -0.15) is 8.42 Å². The number of halogens is 2. The molecule has 1 saturated heterocycles. The molecule has 6 nitrogen and oxygen atoms in total. The van der Waals surface area contributed by atoms with Crippen LogP contribution in [-0.4, -0.2) is 67.4 Å². The molecule has 9 heteroatoms. The second-order valence-corrected chi connectivity index (χ2v) is 10.2. The predicted octanol–water partition coefficient (Wildman–Crippen LogP) is 3.17. The zero-order valence-corrected chi connectivity index (χ0v) is 20.0. The van der Waals surface area contributed by atoms with Crippen LogP contribution in [0, 0.1) is 5.82 Å². The standard InChI is InChI=1S/C22H32FN4O2S.ClH/c1-4-15-30(28,29)27(3,5-2)26-14-13-24-17-21(26)22(18-9-7-6-8-10-18)20-16-19(23)11-12-25-20;/h6-12,16,21-22,24H,4-5,13-15,17H2,1-3H3;1H/q+1;. The van der Waals surface area contributed by atoms with Gasteiger partial charge in [-0.1, -0.05) is 37.3 Å². The van der Waals surface area contributed by atoms with Gasteiger partial charge in [0.1, 0.15) is 25.2 Å². The molecular weight excluding hydrogens is 439 g/mol. The first kappa shape index (κ1) is 25.7. The van der Waals surface area contributed by atoms with E-state index in [-0.39, 0.29) is 39.9 Å². The minimum Gasteiger partial charge on any atom is -0.313 e. The Balaban J connectivity index is 0.00000341. The molecule has 3 rings (SSSR count). The molecule has 0 spiro atoms. The number of piperazine rings is 1. The molecule has 0 amide bonds. The molecule has 2 heterocycles. The molecule has 3 atom stereocenters. The lowest BCUT2D eigenvalue weighted by Gasteiger charge is -2.48. The monoisotopic (exact) mass is 471 g/mol. The van der Waals surface area contributed by atoms with Gasteiger partial charge in [-0.05, 0) is 31.0 Å². The first-order chi connectivity index (χ1) is 14.3. The minimum absolute atomic E-state index is 0. The number of pyridine rings is 1. The Labute approximate surface area is 191 Å². The van der Waals surface area contributed by atoms with Crippen molar-refractivity contribution in [2.75, 3.05) is 39.0 Å². The van der Waals surface area contributed by atoms with Gasteiger partial charge in [0.25, 0.3) is 0 Å². The average Bonchev–Trinajstić information content (AvgIpc) is 2.74. The van der Waals surface area contributed by atoms with Crippen LogP contribution in [0.25, 0.3) is 0 Å². The van der Waals surface area contributed by atoms with E-state index >= 15 is 0 Å². The van der Waals surface area contributed by atoms with E-state index in [9.17, 15) is 12.8 Å². The number of quaternary nitrogens is 1. The molecule has 1 N–H and O–H groups in total. The van der Waals surface area contributed by atoms with Crippen molar-refractivity contribution >= 4 is 22.4 Å². The zero-order valence-electron chi connectivity index (χ0n) is 18.4. The summed E-state index contributed by atoms with van der Waals surface area (Å²) in [6, 6.07) is 12.4. The highest BCUT2D eigenvalue weighted by atomic mass is 35.5. The zero-order chi connectivity index (χ0) is 21.8. The molecule has 1 aliphatic rings. The molecule has 31 heavy (non-hydrogen) atoms. The van der Waals surface area contributed by atoms with Crippen LogP contribution in [0.3, 0.4) is 0 Å². The first-order valence-electron chi connectivity index (χ1n) is 10.6. The fourth-order valence-corrected chi connectivity index (χ4v) is 6.19. The van der Waals surface area contributed by atoms with E-state index in [0.29, 0.717) is 38.3 Å². The van der Waals surface area contributed by atoms with Crippen LogP contribution in [0.1, 0.15) is 37.4 Å². The van der Waals surface area contributed by atoms with Gasteiger partial charge in [-0.15, -0.1) is 21.4 Å². The van der Waals surface area contributed by atoms with Crippen molar-refractivity contribution < 1.29 is 16.8 Å². The maximum atomic E-state index is 14.1. The summed E-state index contributed by atoms with van der Waals surface area (Å²) in [7, 11) is -1.64. The Bertz CT molecular complexity index is 948. The molecule has 1 aromatic heterocycles. The van der Waals surface area contributed by atoms with Gasteiger partial charge >= 0.3 is 10.0 Å². The van der Waals surface area contributed by atoms with Gasteiger partial charge < -0.3 is 5.32 Å². The van der Waals surface area contributed by atoms with Crippen LogP contribution in [0.15, 0.2) is 48.7 Å². The number of nitrogens with zero attached hydrogens (tertiary/aromatic N) is 3. The third-order valence-electron chi connectivity index (χ3n) is 6.05. The molecule has 3 unspecified atom stereocenters. The smallest absolute Gasteiger partial charge is 0.313 e. The van der Waals surface area contributed by atoms with Crippen molar-refractivity contribution in [3.63, 3.8) is 0 Å². The normalized spacial score (nSPS) is 20.5. The molecule has 0 aliphatic carbocycles. The van der Waals surface area contributed by atoms with Gasteiger partial charge in [-0.25, -0.2) is 4.39 Å². The molecule has 2 aromatic rings. The summed E-state index contributed by atoms with van der Waals surface area (Å²) in [5, 5.41) is 5.47. The molecule has 0 saturated carbocycles. The maximum absolute atomic E-state index is 14.1. The van der Waals surface area contributed by atoms with E-state index < -0.39 is 10.0 Å². The van der Waals surface area contributed by atoms with Crippen molar-refractivity contribution in [1.82, 2.24) is 15.3 Å². The predicted molar refractivity (Wildman–Crippen MR) is 124 cm³/mol. The summed E-state index contributed by atoms with van der Waals surface area (Å²) in [4.78, 5) is 4.48. The number of sulfonamides is 1. The van der Waals surface area contributed by atoms with E-state index in [0.717, 1.165) is 5.56 Å². The topological polar surface area (TPSA) is 62.3 Å². The average molecular weight is 472 g/mol. The molecule has 172 valence electrons. The highest BCUT2D eigenvalue weighted by molar-refractivity contribution is 7.85. The number of hydrogen-bond donors (Lipinski definition) is 1. The fourth-order valence-electron chi connectivity index (χ4n) is 4.36. The Kier molecular flexibility index (Phi) is 8.97. The molecule has 1 aliphatic heterocycles. The van der Waals surface area contributed by atoms with Crippen molar-refractivity contribution in [3.05, 3.63) is 65.7 Å². The van der Waals surface area contributed by atoms with Crippen LogP contribution in [0.4, 0.5) is 4.39 Å². The Morgan fingerprint density at radius 1 is 1.26 bits per heavy atom. The summed E-state index contributed by atoms with van der Waals surface area (Å²) in [5.74, 6) is -0.486. The van der Waals surface area contributed by atoms with E-state index in [1.54, 1.807) is 7.05 Å². The third-order valence-corrected chi connectivity index (χ3v) is 8.64. The lowest BCUT2D eigenvalue weighted by atomic mass is 9.86. The summed E-state index contributed by atoms with van der Waals surface area (Å²) in [5.41, 5.74) is 1.60. The van der Waals surface area contributed by atoms with Crippen LogP contribution >= 0.6 is 12.4 Å². The highest BCUT2D eigenvalue weighted by Gasteiger charge is 2.48. The molecule has 0 bridgehead atoms. The van der Waals surface area contributed by atoms with Gasteiger partial charge in [0.05, 0.1) is 18.3 Å². The second kappa shape index (κ2) is 10.8. The minimum atomic E-state index is -3.42. The van der Waals surface area contributed by atoms with Crippen molar-refractivity contribution in [1.29, 1.82) is 0 Å². The first-order valence-corrected chi connectivity index (χ1v) is 12.2. The summed E-state index contributed by atoms with van der Waals surface area (Å²) in [6.07, 6.45) is 2.05. The summed E-state index contributed by atoms with van der Waals surface area (Å²) < 4.78 is 40.6. The largest absolute Gasteiger partial charge is 0.314 e. The van der Waals surface area contributed by atoms with Gasteiger partial charge in [0, 0.05) is 25.2 Å². The van der Waals surface area contributed by atoms with Crippen LogP contribution < -0.4 is 5.32 Å². The molecular formula is C22H33ClFN4O2S+. The van der Waals surface area contributed by atoms with E-state index in [2.05, 4.69) is 15.3 Å². The lowest BCUT2D eigenvalue weighted by Crippen LogP contribution is -2.70. The van der Waals surface area contributed by atoms with Crippen molar-refractivity contribution in [2.24, 2.45) is 0 Å².